The first-order valence-electron chi connectivity index (χ1n) is 7.91. The molecule has 0 unspecified atom stereocenters. The number of rotatable bonds is 4. The van der Waals surface area contributed by atoms with Crippen molar-refractivity contribution in [3.05, 3.63) is 16.8 Å². The molecule has 3 heterocycles. The summed E-state index contributed by atoms with van der Waals surface area (Å²) in [5, 5.41) is 5.47. The lowest BCUT2D eigenvalue weighted by atomic mass is 10.2. The molecular weight excluding hydrogens is 364 g/mol. The molecule has 1 N–H and O–H groups in total. The normalized spacial score (nSPS) is 17.8. The number of carbonyl (C=O) groups excluding carboxylic acids is 1. The molecule has 0 aromatic carbocycles. The second-order valence-electron chi connectivity index (χ2n) is 5.88. The molecule has 1 saturated heterocycles. The van der Waals surface area contributed by atoms with Crippen molar-refractivity contribution >= 4 is 51.6 Å². The number of hydrogen-bond acceptors (Lipinski definition) is 6. The monoisotopic (exact) mass is 386 g/mol. The molecule has 5 nitrogen and oxygen atoms in total. The van der Waals surface area contributed by atoms with E-state index in [1.54, 1.807) is 29.4 Å². The second-order valence-corrected chi connectivity index (χ2v) is 8.17. The summed E-state index contributed by atoms with van der Waals surface area (Å²) in [6, 6.07) is 0.286. The van der Waals surface area contributed by atoms with Gasteiger partial charge in [-0.25, -0.2) is 9.97 Å². The van der Waals surface area contributed by atoms with Crippen molar-refractivity contribution in [3.8, 4) is 0 Å². The summed E-state index contributed by atoms with van der Waals surface area (Å²) >= 11 is 3.37. The highest BCUT2D eigenvalue weighted by Crippen LogP contribution is 2.34. The van der Waals surface area contributed by atoms with Crippen LogP contribution < -0.4 is 5.32 Å². The average molecular weight is 387 g/mol. The summed E-state index contributed by atoms with van der Waals surface area (Å²) in [5.41, 5.74) is 1.26. The highest BCUT2D eigenvalue weighted by atomic mass is 35.5. The van der Waals surface area contributed by atoms with Crippen LogP contribution in [-0.2, 0) is 4.79 Å². The summed E-state index contributed by atoms with van der Waals surface area (Å²) in [7, 11) is 0. The van der Waals surface area contributed by atoms with E-state index in [1.807, 2.05) is 4.90 Å². The molecule has 1 amide bonds. The molecule has 132 valence electrons. The maximum atomic E-state index is 12.4. The number of aromatic nitrogens is 2. The van der Waals surface area contributed by atoms with Gasteiger partial charge in [0.15, 0.2) is 0 Å². The quantitative estimate of drug-likeness (QED) is 0.646. The van der Waals surface area contributed by atoms with Crippen LogP contribution in [-0.4, -0.2) is 52.2 Å². The van der Waals surface area contributed by atoms with Crippen molar-refractivity contribution < 1.29 is 4.79 Å². The van der Waals surface area contributed by atoms with Gasteiger partial charge in [0.25, 0.3) is 0 Å². The van der Waals surface area contributed by atoms with Crippen LogP contribution in [0.25, 0.3) is 10.2 Å². The Morgan fingerprint density at radius 2 is 2.25 bits per heavy atom. The van der Waals surface area contributed by atoms with E-state index in [2.05, 4.69) is 36.1 Å². The fraction of sp³-hybridized carbons (Fsp3) is 0.562. The number of aryl methyl sites for hydroxylation is 2. The number of piperazine rings is 1. The minimum Gasteiger partial charge on any atom is -0.337 e. The third-order valence-electron chi connectivity index (χ3n) is 4.31. The molecule has 1 fully saturated rings. The van der Waals surface area contributed by atoms with Crippen molar-refractivity contribution in [3.63, 3.8) is 0 Å². The molecular formula is C16H23ClN4OS2. The van der Waals surface area contributed by atoms with Crippen molar-refractivity contribution in [1.29, 1.82) is 0 Å². The average Bonchev–Trinajstić information content (AvgIpc) is 2.83. The first-order valence-corrected chi connectivity index (χ1v) is 9.72. The van der Waals surface area contributed by atoms with E-state index in [4.69, 9.17) is 0 Å². The first-order chi connectivity index (χ1) is 11.1. The zero-order valence-corrected chi connectivity index (χ0v) is 16.6. The number of thiophene rings is 1. The summed E-state index contributed by atoms with van der Waals surface area (Å²) in [4.78, 5) is 25.5. The highest BCUT2D eigenvalue weighted by molar-refractivity contribution is 7.99. The molecule has 0 radical (unpaired) electrons. The van der Waals surface area contributed by atoms with Crippen LogP contribution in [0.15, 0.2) is 11.4 Å². The minimum atomic E-state index is 0. The van der Waals surface area contributed by atoms with E-state index in [0.717, 1.165) is 40.6 Å². The molecule has 0 aliphatic carbocycles. The second kappa shape index (κ2) is 8.47. The summed E-state index contributed by atoms with van der Waals surface area (Å²) in [6.45, 7) is 8.93. The third kappa shape index (κ3) is 4.02. The molecule has 0 bridgehead atoms. The molecule has 2 aromatic heterocycles. The number of halogens is 1. The van der Waals surface area contributed by atoms with Crippen LogP contribution in [0.1, 0.15) is 23.8 Å². The van der Waals surface area contributed by atoms with E-state index in [0.29, 0.717) is 6.42 Å². The smallest absolute Gasteiger partial charge is 0.223 e. The number of hydrogen-bond donors (Lipinski definition) is 1. The summed E-state index contributed by atoms with van der Waals surface area (Å²) in [6.07, 6.45) is 2.18. The van der Waals surface area contributed by atoms with Gasteiger partial charge in [-0.15, -0.1) is 35.5 Å². The lowest BCUT2D eigenvalue weighted by Crippen LogP contribution is -2.52. The van der Waals surface area contributed by atoms with Crippen LogP contribution >= 0.6 is 35.5 Å². The molecule has 3 rings (SSSR count). The van der Waals surface area contributed by atoms with Crippen LogP contribution in [0.2, 0.25) is 0 Å². The van der Waals surface area contributed by atoms with Crippen molar-refractivity contribution in [1.82, 2.24) is 20.2 Å². The van der Waals surface area contributed by atoms with Gasteiger partial charge in [0.1, 0.15) is 16.2 Å². The zero-order valence-electron chi connectivity index (χ0n) is 14.2. The molecule has 1 aliphatic rings. The van der Waals surface area contributed by atoms with Gasteiger partial charge in [-0.3, -0.25) is 4.79 Å². The topological polar surface area (TPSA) is 58.1 Å². The van der Waals surface area contributed by atoms with Crippen LogP contribution in [0.4, 0.5) is 0 Å². The largest absolute Gasteiger partial charge is 0.337 e. The van der Waals surface area contributed by atoms with Gasteiger partial charge in [-0.1, -0.05) is 0 Å². The maximum absolute atomic E-state index is 12.4. The summed E-state index contributed by atoms with van der Waals surface area (Å²) in [5.74, 6) is 1.01. The minimum absolute atomic E-state index is 0. The highest BCUT2D eigenvalue weighted by Gasteiger charge is 2.22. The first kappa shape index (κ1) is 19.4. The van der Waals surface area contributed by atoms with Gasteiger partial charge in [0.2, 0.25) is 5.91 Å². The zero-order chi connectivity index (χ0) is 16.4. The van der Waals surface area contributed by atoms with Crippen molar-refractivity contribution in [2.75, 3.05) is 25.4 Å². The Morgan fingerprint density at radius 3 is 3.00 bits per heavy atom. The molecule has 0 saturated carbocycles. The number of nitrogens with one attached hydrogen (secondary N) is 1. The molecule has 1 atom stereocenters. The standard InChI is InChI=1S/C16H22N4OS2.ClH/c1-10-8-17-5-6-20(10)13(21)4-7-22-15-14-11(2)12(3)23-16(14)19-9-18-15;/h9-10,17H,4-8H2,1-3H3;1H/t10-;/m1./s1. The van der Waals surface area contributed by atoms with Gasteiger partial charge in [0, 0.05) is 48.1 Å². The van der Waals surface area contributed by atoms with Crippen LogP contribution in [0.5, 0.6) is 0 Å². The van der Waals surface area contributed by atoms with Gasteiger partial charge in [-0.05, 0) is 26.3 Å². The van der Waals surface area contributed by atoms with E-state index in [-0.39, 0.29) is 24.4 Å². The number of fused-ring (bicyclic) bond motifs is 1. The van der Waals surface area contributed by atoms with E-state index >= 15 is 0 Å². The molecule has 2 aromatic rings. The van der Waals surface area contributed by atoms with Gasteiger partial charge in [-0.2, -0.15) is 0 Å². The molecule has 24 heavy (non-hydrogen) atoms. The Bertz CT molecular complexity index is 721. The van der Waals surface area contributed by atoms with Crippen molar-refractivity contribution in [2.24, 2.45) is 0 Å². The third-order valence-corrected chi connectivity index (χ3v) is 6.41. The maximum Gasteiger partial charge on any atom is 0.223 e. The van der Waals surface area contributed by atoms with E-state index in [9.17, 15) is 4.79 Å². The Morgan fingerprint density at radius 1 is 1.46 bits per heavy atom. The van der Waals surface area contributed by atoms with E-state index in [1.165, 1.54) is 10.4 Å². The van der Waals surface area contributed by atoms with E-state index < -0.39 is 0 Å². The predicted octanol–water partition coefficient (Wildman–Crippen LogP) is 3.03. The van der Waals surface area contributed by atoms with Gasteiger partial charge in [0.05, 0.1) is 0 Å². The lowest BCUT2D eigenvalue weighted by Gasteiger charge is -2.34. The Balaban J connectivity index is 0.00000208. The fourth-order valence-electron chi connectivity index (χ4n) is 2.85. The van der Waals surface area contributed by atoms with Crippen molar-refractivity contribution in [2.45, 2.75) is 38.3 Å². The number of thioether (sulfide) groups is 1. The SMILES string of the molecule is Cc1sc2ncnc(SCCC(=O)N3CCNC[C@H]3C)c2c1C.Cl. The molecule has 8 heteroatoms. The Hall–Kier alpha value is -0.890. The molecule has 0 spiro atoms. The predicted molar refractivity (Wildman–Crippen MR) is 104 cm³/mol. The number of amides is 1. The Kier molecular flexibility index (Phi) is 6.86. The van der Waals surface area contributed by atoms with Gasteiger partial charge < -0.3 is 10.2 Å². The fourth-order valence-corrected chi connectivity index (χ4v) is 4.90. The Labute approximate surface area is 157 Å². The van der Waals surface area contributed by atoms with Gasteiger partial charge >= 0.3 is 0 Å². The number of nitrogens with zero attached hydrogens (tertiary/aromatic N) is 3. The van der Waals surface area contributed by atoms with Crippen LogP contribution in [0, 0.1) is 13.8 Å². The molecule has 1 aliphatic heterocycles. The van der Waals surface area contributed by atoms with Crippen LogP contribution in [0.3, 0.4) is 0 Å². The summed E-state index contributed by atoms with van der Waals surface area (Å²) < 4.78 is 0. The lowest BCUT2D eigenvalue weighted by molar-refractivity contribution is -0.133. The number of carbonyl (C=O) groups is 1.